The third-order valence-corrected chi connectivity index (χ3v) is 4.68. The van der Waals surface area contributed by atoms with E-state index in [4.69, 9.17) is 18.9 Å². The van der Waals surface area contributed by atoms with E-state index in [1.54, 1.807) is 21.3 Å². The van der Waals surface area contributed by atoms with Crippen molar-refractivity contribution in [2.24, 2.45) is 0 Å². The first-order valence-corrected chi connectivity index (χ1v) is 8.90. The second-order valence-corrected chi connectivity index (χ2v) is 6.26. The Morgan fingerprint density at radius 3 is 2.15 bits per heavy atom. The Hall–Kier alpha value is -2.73. The lowest BCUT2D eigenvalue weighted by Gasteiger charge is -2.14. The number of methoxy groups -OCH3 is 3. The molecule has 1 saturated heterocycles. The van der Waals surface area contributed by atoms with Crippen molar-refractivity contribution in [1.82, 2.24) is 4.90 Å². The summed E-state index contributed by atoms with van der Waals surface area (Å²) in [6.45, 7) is 2.76. The minimum atomic E-state index is -0.286. The highest BCUT2D eigenvalue weighted by atomic mass is 16.5. The molecule has 2 aromatic rings. The number of rotatable bonds is 8. The average Bonchev–Trinajstić information content (AvgIpc) is 3.41. The molecule has 0 spiro atoms. The number of hydrogen-bond acceptors (Lipinski definition) is 6. The van der Waals surface area contributed by atoms with Crippen molar-refractivity contribution in [2.75, 3.05) is 27.9 Å². The van der Waals surface area contributed by atoms with E-state index < -0.39 is 0 Å². The molecule has 1 heterocycles. The topological polar surface area (TPSA) is 57.0 Å². The summed E-state index contributed by atoms with van der Waals surface area (Å²) < 4.78 is 21.5. The number of hydrogen-bond donors (Lipinski definition) is 0. The van der Waals surface area contributed by atoms with Crippen LogP contribution in [0.4, 0.5) is 0 Å². The van der Waals surface area contributed by atoms with Gasteiger partial charge in [-0.05, 0) is 30.2 Å². The molecule has 0 radical (unpaired) electrons. The van der Waals surface area contributed by atoms with Crippen LogP contribution >= 0.6 is 0 Å². The van der Waals surface area contributed by atoms with Crippen molar-refractivity contribution in [3.05, 3.63) is 53.6 Å². The van der Waals surface area contributed by atoms with E-state index in [1.165, 1.54) is 0 Å². The lowest BCUT2D eigenvalue weighted by Crippen LogP contribution is -2.16. The molecule has 0 aromatic heterocycles. The third-order valence-electron chi connectivity index (χ3n) is 4.68. The van der Waals surface area contributed by atoms with Crippen LogP contribution in [-0.4, -0.2) is 44.8 Å². The first kappa shape index (κ1) is 19.0. The Balaban J connectivity index is 1.87. The molecule has 0 bridgehead atoms. The van der Waals surface area contributed by atoms with Gasteiger partial charge in [-0.15, -0.1) is 0 Å². The fraction of sp³-hybridized carbons (Fsp3) is 0.381. The third kappa shape index (κ3) is 3.85. The molecule has 6 nitrogen and oxygen atoms in total. The molecular formula is C21H25NO5. The van der Waals surface area contributed by atoms with Crippen LogP contribution in [0.5, 0.6) is 17.2 Å². The van der Waals surface area contributed by atoms with Gasteiger partial charge in [-0.2, -0.15) is 0 Å². The standard InChI is InChI=1S/C21H25NO5/c1-5-27-21(23)19-18(15-9-7-6-8-10-15)22(19)13-14-11-16(24-2)20(26-4)17(12-14)25-3/h6-12,18-19H,5,13H2,1-4H3/t18-,19+,22?/m1/s1. The Bertz CT molecular complexity index is 767. The average molecular weight is 371 g/mol. The number of benzene rings is 2. The fourth-order valence-corrected chi connectivity index (χ4v) is 3.43. The summed E-state index contributed by atoms with van der Waals surface area (Å²) in [5.74, 6) is 1.55. The molecule has 1 fully saturated rings. The largest absolute Gasteiger partial charge is 0.493 e. The van der Waals surface area contributed by atoms with Gasteiger partial charge < -0.3 is 18.9 Å². The van der Waals surface area contributed by atoms with Crippen molar-refractivity contribution >= 4 is 5.97 Å². The highest BCUT2D eigenvalue weighted by Crippen LogP contribution is 2.46. The van der Waals surface area contributed by atoms with Crippen LogP contribution in [0.15, 0.2) is 42.5 Å². The summed E-state index contributed by atoms with van der Waals surface area (Å²) >= 11 is 0. The lowest BCUT2D eigenvalue weighted by molar-refractivity contribution is -0.143. The predicted octanol–water partition coefficient (Wildman–Crippen LogP) is 3.20. The summed E-state index contributed by atoms with van der Waals surface area (Å²) in [6.07, 6.45) is 0. The molecule has 6 heteroatoms. The van der Waals surface area contributed by atoms with Gasteiger partial charge in [0, 0.05) is 6.54 Å². The lowest BCUT2D eigenvalue weighted by atomic mass is 10.1. The van der Waals surface area contributed by atoms with Crippen LogP contribution in [0.2, 0.25) is 0 Å². The van der Waals surface area contributed by atoms with Crippen molar-refractivity contribution in [2.45, 2.75) is 25.6 Å². The van der Waals surface area contributed by atoms with Crippen molar-refractivity contribution in [1.29, 1.82) is 0 Å². The smallest absolute Gasteiger partial charge is 0.325 e. The van der Waals surface area contributed by atoms with E-state index in [9.17, 15) is 4.79 Å². The number of ether oxygens (including phenoxy) is 4. The van der Waals surface area contributed by atoms with Crippen molar-refractivity contribution in [3.8, 4) is 17.2 Å². The van der Waals surface area contributed by atoms with E-state index >= 15 is 0 Å². The quantitative estimate of drug-likeness (QED) is 0.525. The van der Waals surface area contributed by atoms with Crippen LogP contribution in [0, 0.1) is 0 Å². The maximum atomic E-state index is 12.4. The number of carbonyl (C=O) groups is 1. The van der Waals surface area contributed by atoms with Gasteiger partial charge in [0.05, 0.1) is 34.0 Å². The second kappa shape index (κ2) is 8.31. The van der Waals surface area contributed by atoms with Gasteiger partial charge in [0.1, 0.15) is 6.04 Å². The second-order valence-electron chi connectivity index (χ2n) is 6.26. The zero-order valence-corrected chi connectivity index (χ0v) is 16.1. The van der Waals surface area contributed by atoms with Crippen LogP contribution in [0.3, 0.4) is 0 Å². The molecular weight excluding hydrogens is 346 g/mol. The Labute approximate surface area is 159 Å². The molecule has 0 amide bonds. The SMILES string of the molecule is CCOC(=O)[C@@H]1[C@@H](c2ccccc2)N1Cc1cc(OC)c(OC)c(OC)c1. The maximum Gasteiger partial charge on any atom is 0.325 e. The molecule has 2 aromatic carbocycles. The minimum Gasteiger partial charge on any atom is -0.493 e. The van der Waals surface area contributed by atoms with Crippen LogP contribution in [0.25, 0.3) is 0 Å². The van der Waals surface area contributed by atoms with Crippen LogP contribution in [-0.2, 0) is 16.1 Å². The van der Waals surface area contributed by atoms with Gasteiger partial charge in [0.25, 0.3) is 0 Å². The summed E-state index contributed by atoms with van der Waals surface area (Å²) in [4.78, 5) is 14.5. The Kier molecular flexibility index (Phi) is 5.86. The van der Waals surface area contributed by atoms with Gasteiger partial charge in [0.2, 0.25) is 5.75 Å². The number of carbonyl (C=O) groups excluding carboxylic acids is 1. The van der Waals surface area contributed by atoms with Crippen LogP contribution < -0.4 is 14.2 Å². The van der Waals surface area contributed by atoms with E-state index in [2.05, 4.69) is 4.90 Å². The predicted molar refractivity (Wildman–Crippen MR) is 101 cm³/mol. The monoisotopic (exact) mass is 371 g/mol. The zero-order valence-electron chi connectivity index (χ0n) is 16.1. The highest BCUT2D eigenvalue weighted by Gasteiger charge is 2.54. The molecule has 1 unspecified atom stereocenters. The maximum absolute atomic E-state index is 12.4. The van der Waals surface area contributed by atoms with Gasteiger partial charge >= 0.3 is 5.97 Å². The van der Waals surface area contributed by atoms with E-state index in [1.807, 2.05) is 49.4 Å². The van der Waals surface area contributed by atoms with Gasteiger partial charge in [-0.3, -0.25) is 9.69 Å². The van der Waals surface area contributed by atoms with Crippen LogP contribution in [0.1, 0.15) is 24.1 Å². The summed E-state index contributed by atoms with van der Waals surface area (Å²) in [5, 5.41) is 0. The minimum absolute atomic E-state index is 0.00402. The van der Waals surface area contributed by atoms with E-state index in [-0.39, 0.29) is 18.1 Å². The van der Waals surface area contributed by atoms with Crippen molar-refractivity contribution < 1.29 is 23.7 Å². The fourth-order valence-electron chi connectivity index (χ4n) is 3.43. The molecule has 144 valence electrons. The summed E-state index contributed by atoms with van der Waals surface area (Å²) in [7, 11) is 4.76. The summed E-state index contributed by atoms with van der Waals surface area (Å²) in [6, 6.07) is 13.5. The molecule has 3 rings (SSSR count). The number of nitrogens with zero attached hydrogens (tertiary/aromatic N) is 1. The van der Waals surface area contributed by atoms with Crippen molar-refractivity contribution in [3.63, 3.8) is 0 Å². The molecule has 0 saturated carbocycles. The zero-order chi connectivity index (χ0) is 19.4. The molecule has 0 aliphatic carbocycles. The van der Waals surface area contributed by atoms with E-state index in [0.29, 0.717) is 30.4 Å². The van der Waals surface area contributed by atoms with Gasteiger partial charge in [-0.25, -0.2) is 0 Å². The Morgan fingerprint density at radius 2 is 1.63 bits per heavy atom. The number of esters is 1. The molecule has 1 aliphatic rings. The van der Waals surface area contributed by atoms with E-state index in [0.717, 1.165) is 11.1 Å². The first-order valence-electron chi connectivity index (χ1n) is 8.90. The molecule has 0 N–H and O–H groups in total. The highest BCUT2D eigenvalue weighted by molar-refractivity contribution is 5.80. The summed E-state index contributed by atoms with van der Waals surface area (Å²) in [5.41, 5.74) is 2.07. The molecule has 1 aliphatic heterocycles. The molecule has 27 heavy (non-hydrogen) atoms. The van der Waals surface area contributed by atoms with Gasteiger partial charge in [-0.1, -0.05) is 30.3 Å². The Morgan fingerprint density at radius 1 is 1.00 bits per heavy atom. The normalized spacial score (nSPS) is 20.7. The molecule has 3 atom stereocenters. The first-order chi connectivity index (χ1) is 13.1. The van der Waals surface area contributed by atoms with Gasteiger partial charge in [0.15, 0.2) is 11.5 Å².